The van der Waals surface area contributed by atoms with Gasteiger partial charge in [0, 0.05) is 12.5 Å². The largest absolute Gasteiger partial charge is 0.497 e. The van der Waals surface area contributed by atoms with Crippen LogP contribution in [0.3, 0.4) is 0 Å². The summed E-state index contributed by atoms with van der Waals surface area (Å²) in [6.07, 6.45) is 2.93. The normalized spacial score (nSPS) is 24.9. The Balaban J connectivity index is 3.11. The molecule has 1 N–H and O–H groups in total. The number of ether oxygens (including phenoxy) is 1. The molecule has 0 spiro atoms. The second-order valence-corrected chi connectivity index (χ2v) is 3.41. The van der Waals surface area contributed by atoms with E-state index in [1.54, 1.807) is 13.8 Å². The Hall–Kier alpha value is -1.53. The van der Waals surface area contributed by atoms with Gasteiger partial charge in [-0.15, -0.1) is 5.92 Å². The molecule has 1 unspecified atom stereocenters. The lowest BCUT2D eigenvalue weighted by molar-refractivity contribution is -0.111. The SMILES string of the molecule is CC#CCC1(O)C(C)=CC(=O)C=C1OC. The van der Waals surface area contributed by atoms with Gasteiger partial charge in [0.2, 0.25) is 0 Å². The fourth-order valence-electron chi connectivity index (χ4n) is 1.49. The minimum absolute atomic E-state index is 0.168. The van der Waals surface area contributed by atoms with Crippen LogP contribution in [0.25, 0.3) is 0 Å². The molecule has 0 aliphatic heterocycles. The smallest absolute Gasteiger partial charge is 0.182 e. The van der Waals surface area contributed by atoms with Crippen LogP contribution in [0.4, 0.5) is 0 Å². The van der Waals surface area contributed by atoms with Crippen molar-refractivity contribution in [3.05, 3.63) is 23.5 Å². The summed E-state index contributed by atoms with van der Waals surface area (Å²) in [4.78, 5) is 11.2. The molecule has 80 valence electrons. The van der Waals surface area contributed by atoms with Gasteiger partial charge in [0.25, 0.3) is 0 Å². The van der Waals surface area contributed by atoms with Gasteiger partial charge in [-0.3, -0.25) is 4.79 Å². The fourth-order valence-corrected chi connectivity index (χ4v) is 1.49. The molecule has 1 aliphatic rings. The Kier molecular flexibility index (Phi) is 3.33. The van der Waals surface area contributed by atoms with Crippen LogP contribution in [0, 0.1) is 11.8 Å². The summed E-state index contributed by atoms with van der Waals surface area (Å²) >= 11 is 0. The lowest BCUT2D eigenvalue weighted by Crippen LogP contribution is -2.36. The fraction of sp³-hybridized carbons (Fsp3) is 0.417. The van der Waals surface area contributed by atoms with Crippen molar-refractivity contribution in [2.24, 2.45) is 0 Å². The van der Waals surface area contributed by atoms with Crippen LogP contribution >= 0.6 is 0 Å². The first-order valence-electron chi connectivity index (χ1n) is 4.65. The van der Waals surface area contributed by atoms with Crippen molar-refractivity contribution in [2.75, 3.05) is 7.11 Å². The number of allylic oxidation sites excluding steroid dienone is 2. The van der Waals surface area contributed by atoms with E-state index in [4.69, 9.17) is 4.74 Å². The van der Waals surface area contributed by atoms with Crippen molar-refractivity contribution >= 4 is 5.78 Å². The van der Waals surface area contributed by atoms with Gasteiger partial charge in [0.15, 0.2) is 11.4 Å². The molecule has 3 nitrogen and oxygen atoms in total. The summed E-state index contributed by atoms with van der Waals surface area (Å²) in [5, 5.41) is 10.3. The molecule has 0 radical (unpaired) electrons. The molecule has 0 aromatic rings. The van der Waals surface area contributed by atoms with Crippen LogP contribution in [0.5, 0.6) is 0 Å². The van der Waals surface area contributed by atoms with E-state index in [0.29, 0.717) is 5.57 Å². The number of carbonyl (C=O) groups is 1. The molecule has 15 heavy (non-hydrogen) atoms. The molecular formula is C12H14O3. The molecule has 1 aliphatic carbocycles. The zero-order valence-corrected chi connectivity index (χ0v) is 9.13. The number of aliphatic hydroxyl groups is 1. The lowest BCUT2D eigenvalue weighted by atomic mass is 9.84. The van der Waals surface area contributed by atoms with E-state index >= 15 is 0 Å². The molecule has 0 saturated heterocycles. The van der Waals surface area contributed by atoms with Gasteiger partial charge >= 0.3 is 0 Å². The molecule has 0 bridgehead atoms. The quantitative estimate of drug-likeness (QED) is 0.690. The third-order valence-corrected chi connectivity index (χ3v) is 2.43. The van der Waals surface area contributed by atoms with E-state index in [2.05, 4.69) is 11.8 Å². The van der Waals surface area contributed by atoms with Gasteiger partial charge in [0.05, 0.1) is 7.11 Å². The predicted molar refractivity (Wildman–Crippen MR) is 56.9 cm³/mol. The second-order valence-electron chi connectivity index (χ2n) is 3.41. The number of hydrogen-bond donors (Lipinski definition) is 1. The van der Waals surface area contributed by atoms with Crippen LogP contribution in [0.2, 0.25) is 0 Å². The summed E-state index contributed by atoms with van der Waals surface area (Å²) in [6.45, 7) is 3.40. The van der Waals surface area contributed by atoms with Crippen molar-refractivity contribution < 1.29 is 14.6 Å². The van der Waals surface area contributed by atoms with E-state index in [9.17, 15) is 9.90 Å². The number of methoxy groups -OCH3 is 1. The summed E-state index contributed by atoms with van der Waals surface area (Å²) in [7, 11) is 1.43. The summed E-state index contributed by atoms with van der Waals surface area (Å²) < 4.78 is 5.03. The van der Waals surface area contributed by atoms with Gasteiger partial charge in [0.1, 0.15) is 5.76 Å². The molecule has 0 fully saturated rings. The van der Waals surface area contributed by atoms with Crippen molar-refractivity contribution in [3.63, 3.8) is 0 Å². The monoisotopic (exact) mass is 206 g/mol. The molecule has 0 heterocycles. The molecule has 0 aromatic heterocycles. The van der Waals surface area contributed by atoms with Gasteiger partial charge in [-0.25, -0.2) is 0 Å². The highest BCUT2D eigenvalue weighted by Crippen LogP contribution is 2.32. The molecule has 0 aromatic carbocycles. The van der Waals surface area contributed by atoms with E-state index in [1.807, 2.05) is 0 Å². The Morgan fingerprint density at radius 3 is 2.73 bits per heavy atom. The zero-order chi connectivity index (χ0) is 11.5. The molecule has 0 saturated carbocycles. The average Bonchev–Trinajstić information content (AvgIpc) is 2.20. The number of rotatable bonds is 2. The minimum atomic E-state index is -1.26. The number of carbonyl (C=O) groups excluding carboxylic acids is 1. The second kappa shape index (κ2) is 4.33. The van der Waals surface area contributed by atoms with Crippen LogP contribution in [-0.4, -0.2) is 23.6 Å². The van der Waals surface area contributed by atoms with Crippen molar-refractivity contribution in [2.45, 2.75) is 25.9 Å². The zero-order valence-electron chi connectivity index (χ0n) is 9.13. The summed E-state index contributed by atoms with van der Waals surface area (Å²) in [5.41, 5.74) is -0.694. The molecule has 3 heteroatoms. The van der Waals surface area contributed by atoms with Crippen LogP contribution in [-0.2, 0) is 9.53 Å². The third kappa shape index (κ3) is 2.11. The first kappa shape index (κ1) is 11.5. The predicted octanol–water partition coefficient (Wildman–Crippen LogP) is 1.19. The number of hydrogen-bond acceptors (Lipinski definition) is 3. The maximum absolute atomic E-state index is 11.2. The van der Waals surface area contributed by atoms with E-state index in [-0.39, 0.29) is 18.0 Å². The van der Waals surface area contributed by atoms with Crippen molar-refractivity contribution in [1.29, 1.82) is 0 Å². The maximum atomic E-state index is 11.2. The minimum Gasteiger partial charge on any atom is -0.497 e. The van der Waals surface area contributed by atoms with Crippen LogP contribution in [0.15, 0.2) is 23.5 Å². The van der Waals surface area contributed by atoms with E-state index in [1.165, 1.54) is 19.3 Å². The molecule has 1 atom stereocenters. The van der Waals surface area contributed by atoms with Gasteiger partial charge in [-0.2, -0.15) is 0 Å². The Morgan fingerprint density at radius 2 is 2.20 bits per heavy atom. The highest BCUT2D eigenvalue weighted by molar-refractivity contribution is 6.01. The first-order chi connectivity index (χ1) is 7.04. The van der Waals surface area contributed by atoms with E-state index < -0.39 is 5.60 Å². The lowest BCUT2D eigenvalue weighted by Gasteiger charge is -2.30. The Bertz CT molecular complexity index is 393. The van der Waals surface area contributed by atoms with Crippen LogP contribution in [0.1, 0.15) is 20.3 Å². The summed E-state index contributed by atoms with van der Waals surface area (Å²) in [6, 6.07) is 0. The standard InChI is InChI=1S/C12H14O3/c1-4-5-6-12(14)9(2)7-10(13)8-11(12)15-3/h7-8,14H,6H2,1-3H3. The van der Waals surface area contributed by atoms with Crippen LogP contribution < -0.4 is 0 Å². The molecule has 1 rings (SSSR count). The van der Waals surface area contributed by atoms with Crippen molar-refractivity contribution in [3.8, 4) is 11.8 Å². The van der Waals surface area contributed by atoms with E-state index in [0.717, 1.165) is 0 Å². The Labute approximate surface area is 89.4 Å². The van der Waals surface area contributed by atoms with Gasteiger partial charge in [-0.05, 0) is 25.5 Å². The highest BCUT2D eigenvalue weighted by Gasteiger charge is 2.37. The van der Waals surface area contributed by atoms with Gasteiger partial charge < -0.3 is 9.84 Å². The molecule has 0 amide bonds. The summed E-state index contributed by atoms with van der Waals surface area (Å²) in [5.74, 6) is 5.60. The Morgan fingerprint density at radius 1 is 1.53 bits per heavy atom. The molecular weight excluding hydrogens is 192 g/mol. The maximum Gasteiger partial charge on any atom is 0.182 e. The van der Waals surface area contributed by atoms with Crippen molar-refractivity contribution in [1.82, 2.24) is 0 Å². The number of ketones is 1. The highest BCUT2D eigenvalue weighted by atomic mass is 16.5. The topological polar surface area (TPSA) is 46.5 Å². The van der Waals surface area contributed by atoms with Gasteiger partial charge in [-0.1, -0.05) is 5.92 Å². The first-order valence-corrected chi connectivity index (χ1v) is 4.65. The third-order valence-electron chi connectivity index (χ3n) is 2.43. The average molecular weight is 206 g/mol.